The van der Waals surface area contributed by atoms with Crippen molar-refractivity contribution in [3.63, 3.8) is 0 Å². The van der Waals surface area contributed by atoms with E-state index in [9.17, 15) is 9.59 Å². The molecule has 2 aliphatic carbocycles. The largest absolute Gasteiger partial charge is 0.483 e. The fourth-order valence-electron chi connectivity index (χ4n) is 4.34. The number of hydrogen-bond acceptors (Lipinski definition) is 3. The number of carbonyl (C=O) groups is 2. The second-order valence-electron chi connectivity index (χ2n) is 7.04. The quantitative estimate of drug-likeness (QED) is 0.820. The highest BCUT2D eigenvalue weighted by Gasteiger charge is 2.42. The van der Waals surface area contributed by atoms with Crippen LogP contribution in [0.25, 0.3) is 0 Å². The Bertz CT molecular complexity index is 598. The summed E-state index contributed by atoms with van der Waals surface area (Å²) < 4.78 is 5.55. The molecule has 0 heterocycles. The molecule has 1 aromatic rings. The van der Waals surface area contributed by atoms with Gasteiger partial charge in [0.15, 0.2) is 12.4 Å². The molecular formula is C19H25NO3. The lowest BCUT2D eigenvalue weighted by Crippen LogP contribution is -2.42. The van der Waals surface area contributed by atoms with E-state index in [4.69, 9.17) is 4.74 Å². The van der Waals surface area contributed by atoms with E-state index in [1.807, 2.05) is 0 Å². The van der Waals surface area contributed by atoms with Gasteiger partial charge in [-0.2, -0.15) is 0 Å². The first kappa shape index (κ1) is 16.0. The summed E-state index contributed by atoms with van der Waals surface area (Å²) in [6, 6.07) is 7.24. The molecule has 1 N–H and O–H groups in total. The van der Waals surface area contributed by atoms with E-state index < -0.39 is 0 Å². The lowest BCUT2D eigenvalue weighted by Gasteiger charge is -2.28. The second kappa shape index (κ2) is 6.73. The number of ketones is 1. The van der Waals surface area contributed by atoms with Gasteiger partial charge in [-0.3, -0.25) is 9.59 Å². The van der Waals surface area contributed by atoms with E-state index in [1.54, 1.807) is 24.3 Å². The van der Waals surface area contributed by atoms with Gasteiger partial charge in [0.25, 0.3) is 5.91 Å². The maximum Gasteiger partial charge on any atom is 0.258 e. The zero-order chi connectivity index (χ0) is 16.4. The highest BCUT2D eigenvalue weighted by Crippen LogP contribution is 2.49. The summed E-state index contributed by atoms with van der Waals surface area (Å²) in [4.78, 5) is 23.7. The van der Waals surface area contributed by atoms with Crippen LogP contribution in [0.5, 0.6) is 5.75 Å². The van der Waals surface area contributed by atoms with Gasteiger partial charge in [0, 0.05) is 6.04 Å². The van der Waals surface area contributed by atoms with E-state index in [0.29, 0.717) is 17.2 Å². The molecule has 0 aromatic heterocycles. The molecule has 3 rings (SSSR count). The van der Waals surface area contributed by atoms with Crippen molar-refractivity contribution in [2.45, 2.75) is 45.6 Å². The second-order valence-corrected chi connectivity index (χ2v) is 7.04. The van der Waals surface area contributed by atoms with Crippen molar-refractivity contribution >= 4 is 11.7 Å². The van der Waals surface area contributed by atoms with Gasteiger partial charge in [0.1, 0.15) is 5.75 Å². The summed E-state index contributed by atoms with van der Waals surface area (Å²) >= 11 is 0. The van der Waals surface area contributed by atoms with Crippen LogP contribution in [0.15, 0.2) is 24.3 Å². The highest BCUT2D eigenvalue weighted by atomic mass is 16.5. The summed E-state index contributed by atoms with van der Waals surface area (Å²) in [5.41, 5.74) is 0.515. The van der Waals surface area contributed by atoms with E-state index in [-0.39, 0.29) is 24.3 Å². The van der Waals surface area contributed by atoms with Crippen molar-refractivity contribution in [2.75, 3.05) is 6.61 Å². The normalized spacial score (nSPS) is 26.8. The number of para-hydroxylation sites is 1. The Hall–Kier alpha value is -1.84. The summed E-state index contributed by atoms with van der Waals surface area (Å²) in [6.07, 6.45) is 5.28. The summed E-state index contributed by atoms with van der Waals surface area (Å²) in [6.45, 7) is 3.56. The van der Waals surface area contributed by atoms with Crippen LogP contribution in [0.2, 0.25) is 0 Å². The minimum atomic E-state index is -0.112. The molecule has 2 bridgehead atoms. The molecule has 4 atom stereocenters. The molecule has 1 aromatic carbocycles. The number of hydrogen-bond donors (Lipinski definition) is 1. The fourth-order valence-corrected chi connectivity index (χ4v) is 4.34. The van der Waals surface area contributed by atoms with Gasteiger partial charge in [-0.05, 0) is 63.0 Å². The lowest BCUT2D eigenvalue weighted by molar-refractivity contribution is -0.124. The van der Waals surface area contributed by atoms with E-state index in [2.05, 4.69) is 12.2 Å². The van der Waals surface area contributed by atoms with Crippen LogP contribution in [0.4, 0.5) is 0 Å². The van der Waals surface area contributed by atoms with Crippen molar-refractivity contribution < 1.29 is 14.3 Å². The SMILES string of the molecule is CC(=O)c1ccccc1OCC(=O)NC(C)C1CC2CCC1C2. The van der Waals surface area contributed by atoms with Gasteiger partial charge in [-0.25, -0.2) is 0 Å². The van der Waals surface area contributed by atoms with Crippen molar-refractivity contribution in [1.82, 2.24) is 5.32 Å². The lowest BCUT2D eigenvalue weighted by atomic mass is 9.84. The van der Waals surface area contributed by atoms with Crippen LogP contribution in [0.1, 0.15) is 49.9 Å². The van der Waals surface area contributed by atoms with Crippen LogP contribution >= 0.6 is 0 Å². The molecule has 4 nitrogen and oxygen atoms in total. The molecule has 1 amide bonds. The minimum Gasteiger partial charge on any atom is -0.483 e. The molecule has 0 aliphatic heterocycles. The Morgan fingerprint density at radius 2 is 2.04 bits per heavy atom. The molecule has 0 radical (unpaired) electrons. The highest BCUT2D eigenvalue weighted by molar-refractivity contribution is 5.96. The molecule has 124 valence electrons. The zero-order valence-electron chi connectivity index (χ0n) is 13.9. The number of Topliss-reactive ketones (excluding diaryl/α,β-unsaturated/α-hetero) is 1. The van der Waals surface area contributed by atoms with Crippen molar-refractivity contribution in [3.8, 4) is 5.75 Å². The topological polar surface area (TPSA) is 55.4 Å². The maximum absolute atomic E-state index is 12.1. The Morgan fingerprint density at radius 3 is 2.70 bits per heavy atom. The smallest absolute Gasteiger partial charge is 0.258 e. The summed E-state index contributed by atoms with van der Waals surface area (Å²) in [5, 5.41) is 3.08. The molecule has 2 aliphatic rings. The number of benzene rings is 1. The zero-order valence-corrected chi connectivity index (χ0v) is 13.9. The standard InChI is InChI=1S/C19H25NO3/c1-12(17-10-14-7-8-15(17)9-14)20-19(22)11-23-18-6-4-3-5-16(18)13(2)21/h3-6,12,14-15,17H,7-11H2,1-2H3,(H,20,22). The number of ether oxygens (including phenoxy) is 1. The minimum absolute atomic E-state index is 0.0462. The van der Waals surface area contributed by atoms with Gasteiger partial charge in [0.05, 0.1) is 5.56 Å². The van der Waals surface area contributed by atoms with Gasteiger partial charge in [-0.1, -0.05) is 18.6 Å². The third kappa shape index (κ3) is 3.57. The van der Waals surface area contributed by atoms with E-state index in [0.717, 1.165) is 11.8 Å². The number of fused-ring (bicyclic) bond motifs is 2. The van der Waals surface area contributed by atoms with Crippen molar-refractivity contribution in [1.29, 1.82) is 0 Å². The molecule has 0 spiro atoms. The molecule has 2 saturated carbocycles. The monoisotopic (exact) mass is 315 g/mol. The Balaban J connectivity index is 1.51. The van der Waals surface area contributed by atoms with Gasteiger partial charge in [0.2, 0.25) is 0 Å². The molecule has 23 heavy (non-hydrogen) atoms. The Kier molecular flexibility index (Phi) is 4.69. The van der Waals surface area contributed by atoms with Crippen LogP contribution in [0, 0.1) is 17.8 Å². The fraction of sp³-hybridized carbons (Fsp3) is 0.579. The third-order valence-electron chi connectivity index (χ3n) is 5.45. The molecule has 4 heteroatoms. The van der Waals surface area contributed by atoms with Gasteiger partial charge >= 0.3 is 0 Å². The molecule has 4 unspecified atom stereocenters. The summed E-state index contributed by atoms with van der Waals surface area (Å²) in [5.74, 6) is 2.58. The predicted molar refractivity (Wildman–Crippen MR) is 88.5 cm³/mol. The number of rotatable bonds is 6. The number of nitrogens with one attached hydrogen (secondary N) is 1. The summed E-state index contributed by atoms with van der Waals surface area (Å²) in [7, 11) is 0. The van der Waals surface area contributed by atoms with Crippen molar-refractivity contribution in [3.05, 3.63) is 29.8 Å². The van der Waals surface area contributed by atoms with Gasteiger partial charge < -0.3 is 10.1 Å². The molecule has 0 saturated heterocycles. The average Bonchev–Trinajstić information content (AvgIpc) is 3.16. The Morgan fingerprint density at radius 1 is 1.26 bits per heavy atom. The van der Waals surface area contributed by atoms with Crippen LogP contribution < -0.4 is 10.1 Å². The first-order valence-corrected chi connectivity index (χ1v) is 8.56. The Labute approximate surface area is 137 Å². The maximum atomic E-state index is 12.1. The average molecular weight is 315 g/mol. The number of carbonyl (C=O) groups excluding carboxylic acids is 2. The third-order valence-corrected chi connectivity index (χ3v) is 5.45. The van der Waals surface area contributed by atoms with Crippen LogP contribution in [-0.2, 0) is 4.79 Å². The number of amides is 1. The van der Waals surface area contributed by atoms with Crippen LogP contribution in [-0.4, -0.2) is 24.3 Å². The molecule has 2 fully saturated rings. The van der Waals surface area contributed by atoms with Gasteiger partial charge in [-0.15, -0.1) is 0 Å². The van der Waals surface area contributed by atoms with E-state index >= 15 is 0 Å². The van der Waals surface area contributed by atoms with Crippen molar-refractivity contribution in [2.24, 2.45) is 17.8 Å². The predicted octanol–water partition coefficient (Wildman–Crippen LogP) is 3.21. The van der Waals surface area contributed by atoms with Crippen LogP contribution in [0.3, 0.4) is 0 Å². The van der Waals surface area contributed by atoms with E-state index in [1.165, 1.54) is 32.6 Å². The molecular weight excluding hydrogens is 290 g/mol. The first-order chi connectivity index (χ1) is 11.0. The first-order valence-electron chi connectivity index (χ1n) is 8.56.